The molecule has 4 aliphatic rings. The molecule has 0 radical (unpaired) electrons. The van der Waals surface area contributed by atoms with Crippen molar-refractivity contribution in [3.8, 4) is 0 Å². The fraction of sp³-hybridized carbons (Fsp3) is 0.564. The number of hydrogen-bond acceptors (Lipinski definition) is 25. The van der Waals surface area contributed by atoms with Gasteiger partial charge in [0.2, 0.25) is 11.9 Å². The van der Waals surface area contributed by atoms with E-state index in [4.69, 9.17) is 14.2 Å². The molecule has 0 saturated carbocycles. The van der Waals surface area contributed by atoms with Crippen molar-refractivity contribution in [1.82, 2.24) is 127 Å². The molecule has 0 atom stereocenters. The topological polar surface area (TPSA) is 405 Å². The zero-order chi connectivity index (χ0) is 84.9. The minimum atomic E-state index is -0.269. The number of nitrogens with zero attached hydrogens (tertiary/aromatic N) is 30. The maximum Gasteiger partial charge on any atom is 0.349 e. The van der Waals surface area contributed by atoms with Crippen LogP contribution >= 0.6 is 0 Å². The Morgan fingerprint density at radius 1 is 0.359 bits per heavy atom. The summed E-state index contributed by atoms with van der Waals surface area (Å²) in [7, 11) is 7.66. The summed E-state index contributed by atoms with van der Waals surface area (Å²) in [6.45, 7) is 47.3. The number of H-pyrrole nitrogens is 2. The Morgan fingerprint density at radius 3 is 1.02 bits per heavy atom. The van der Waals surface area contributed by atoms with Gasteiger partial charge in [-0.05, 0) is 150 Å². The number of aromatic nitrogens is 20. The van der Waals surface area contributed by atoms with Crippen LogP contribution < -0.4 is 22.5 Å². The monoisotopic (exact) mass is 1610 g/mol. The fourth-order valence-corrected chi connectivity index (χ4v) is 12.1. The number of imidazole rings is 4. The average Bonchev–Trinajstić information content (AvgIpc) is 1.67. The molecule has 14 heterocycles. The fourth-order valence-electron chi connectivity index (χ4n) is 12.1. The van der Waals surface area contributed by atoms with Gasteiger partial charge in [-0.2, -0.15) is 19.9 Å². The second-order valence-electron chi connectivity index (χ2n) is 30.2. The SMILES string of the molecule is CC(=Nc1ccn(C(C)C)c(=O)n1)N1CCCC1.CC(=Nc1ccn(C(C)C)c(=O)n1)N1CCOCC1.CC(=Nc1nc2c(ncn2C(C)C)c(=O)[nH]1)N(C)C.CC(=Nc1nc2c(ncn2C(C)C)c(=O)[nH]1)N1CCOCC1.CC(=Nc1ncnc2c1ncn2C(C)C)N(C)C.CC(=Nc1ncnc2c1ncn2C(C)C)N1CCOCC1. The third-order valence-corrected chi connectivity index (χ3v) is 19.4. The van der Waals surface area contributed by atoms with E-state index in [2.05, 4.69) is 147 Å². The zero-order valence-electron chi connectivity index (χ0n) is 71.8. The molecule has 10 aromatic rings. The Labute approximate surface area is 680 Å². The molecule has 2 N–H and O–H groups in total. The van der Waals surface area contributed by atoms with E-state index in [1.807, 2.05) is 153 Å². The van der Waals surface area contributed by atoms with Crippen molar-refractivity contribution in [2.24, 2.45) is 30.0 Å². The Morgan fingerprint density at radius 2 is 0.667 bits per heavy atom. The van der Waals surface area contributed by atoms with Crippen LogP contribution in [0, 0.1) is 0 Å². The summed E-state index contributed by atoms with van der Waals surface area (Å²) in [6, 6.07) is 4.79. The number of ether oxygens (including phenoxy) is 3. The first-order chi connectivity index (χ1) is 55.8. The predicted molar refractivity (Wildman–Crippen MR) is 458 cm³/mol. The Balaban J connectivity index is 0.000000161. The molecule has 0 spiro atoms. The van der Waals surface area contributed by atoms with Crippen LogP contribution in [-0.2, 0) is 14.2 Å². The van der Waals surface area contributed by atoms with Crippen molar-refractivity contribution < 1.29 is 14.2 Å². The van der Waals surface area contributed by atoms with Crippen LogP contribution in [0.15, 0.2) is 112 Å². The van der Waals surface area contributed by atoms with Crippen LogP contribution in [0.4, 0.5) is 35.2 Å². The first-order valence-corrected chi connectivity index (χ1v) is 39.6. The standard InChI is InChI=1S/C14H20N6O2.C14H20N6O.C13H20N4O2.C13H20N4O.C12H18N6O.C12H18N6/c1-9(2)20-8-15-11-12(20)17-14(18-13(11)21)16-10(3)19-4-6-22-7-5-19;1-10(2)20-9-17-12-13(15-8-16-14(12)20)18-11(3)19-4-6-21-7-5-19;1-10(2)17-5-4-12(15-13(17)18)14-11(3)16-6-8-19-9-7-16;1-10(2)17-9-6-12(15-13(17)18)14-11(3)16-7-4-5-8-16;1-7(2)18-6-13-9-10(18)15-12(16-11(9)19)14-8(3)17(4)5;1-8(2)18-7-15-10-11(13-6-14-12(10)18)16-9(3)17(4)5/h8-9H,4-7H2,1-3H3,(H,17,18,21);8-10H,4-7H2,1-3H3;4-5,10H,6-9H2,1-3H3;6,9-10H,4-5,7-8H2,1-3H3;6-7H,1-5H3,(H,15,16,19);6-8H,1-5H3. The van der Waals surface area contributed by atoms with Gasteiger partial charge in [-0.3, -0.25) is 28.7 Å². The van der Waals surface area contributed by atoms with E-state index >= 15 is 0 Å². The molecule has 0 aromatic carbocycles. The predicted octanol–water partition coefficient (Wildman–Crippen LogP) is 9.38. The summed E-state index contributed by atoms with van der Waals surface area (Å²) < 4.78 is 26.9. The molecule has 39 nitrogen and oxygen atoms in total. The van der Waals surface area contributed by atoms with Gasteiger partial charge in [0.05, 0.1) is 65.0 Å². The molecular formula is C78H116N32O7. The van der Waals surface area contributed by atoms with Gasteiger partial charge in [0, 0.05) is 129 Å². The number of nitrogens with one attached hydrogen (secondary N) is 2. The maximum atomic E-state index is 12.1. The highest BCUT2D eigenvalue weighted by molar-refractivity contribution is 5.90. The molecule has 14 rings (SSSR count). The van der Waals surface area contributed by atoms with Gasteiger partial charge in [-0.15, -0.1) is 0 Å². The van der Waals surface area contributed by atoms with Crippen LogP contribution in [-0.4, -0.2) is 282 Å². The third kappa shape index (κ3) is 24.0. The molecule has 0 unspecified atom stereocenters. The lowest BCUT2D eigenvalue weighted by Gasteiger charge is -2.28. The minimum Gasteiger partial charge on any atom is -0.378 e. The van der Waals surface area contributed by atoms with Gasteiger partial charge in [-0.1, -0.05) is 0 Å². The van der Waals surface area contributed by atoms with Crippen molar-refractivity contribution in [1.29, 1.82) is 0 Å². The van der Waals surface area contributed by atoms with Gasteiger partial charge in [0.15, 0.2) is 67.9 Å². The summed E-state index contributed by atoms with van der Waals surface area (Å²) in [5, 5.41) is 0. The second-order valence-corrected chi connectivity index (χ2v) is 30.2. The molecule has 0 aliphatic carbocycles. The Bertz CT molecular complexity index is 5390. The van der Waals surface area contributed by atoms with Gasteiger partial charge in [0.1, 0.15) is 47.7 Å². The molecule has 0 amide bonds. The van der Waals surface area contributed by atoms with Gasteiger partial charge in [0.25, 0.3) is 11.1 Å². The number of rotatable bonds is 12. The quantitative estimate of drug-likeness (QED) is 0.0849. The van der Waals surface area contributed by atoms with E-state index in [1.165, 1.54) is 19.2 Å². The van der Waals surface area contributed by atoms with Crippen LogP contribution in [0.25, 0.3) is 44.7 Å². The van der Waals surface area contributed by atoms with Crippen molar-refractivity contribution in [2.45, 2.75) is 174 Å². The maximum absolute atomic E-state index is 12.1. The smallest absolute Gasteiger partial charge is 0.349 e. The number of aromatic amines is 2. The molecule has 4 fully saturated rings. The number of amidine groups is 6. The second kappa shape index (κ2) is 41.7. The van der Waals surface area contributed by atoms with E-state index in [-0.39, 0.29) is 46.7 Å². The lowest BCUT2D eigenvalue weighted by Crippen LogP contribution is -2.39. The molecule has 117 heavy (non-hydrogen) atoms. The van der Waals surface area contributed by atoms with Gasteiger partial charge >= 0.3 is 11.4 Å². The number of fused-ring (bicyclic) bond motifs is 4. The number of likely N-dealkylation sites (tertiary alicyclic amines) is 1. The highest BCUT2D eigenvalue weighted by Gasteiger charge is 2.21. The summed E-state index contributed by atoms with van der Waals surface area (Å²) in [5.41, 5.74) is 3.92. The molecule has 4 saturated heterocycles. The molecule has 630 valence electrons. The van der Waals surface area contributed by atoms with Crippen LogP contribution in [0.1, 0.15) is 174 Å². The number of hydrogen-bond donors (Lipinski definition) is 2. The minimum absolute atomic E-state index is 0.110. The summed E-state index contributed by atoms with van der Waals surface area (Å²) >= 11 is 0. The average molecular weight is 1610 g/mol. The van der Waals surface area contributed by atoms with Crippen LogP contribution in [0.5, 0.6) is 0 Å². The number of morpholine rings is 3. The van der Waals surface area contributed by atoms with Crippen LogP contribution in [0.3, 0.4) is 0 Å². The molecule has 39 heteroatoms. The normalized spacial score (nSPS) is 15.5. The zero-order valence-corrected chi connectivity index (χ0v) is 71.8. The molecule has 10 aromatic heterocycles. The van der Waals surface area contributed by atoms with Gasteiger partial charge < -0.3 is 61.9 Å². The lowest BCUT2D eigenvalue weighted by atomic mass is 10.4. The lowest BCUT2D eigenvalue weighted by molar-refractivity contribution is 0.0678. The van der Waals surface area contributed by atoms with E-state index in [9.17, 15) is 19.2 Å². The van der Waals surface area contributed by atoms with E-state index in [0.29, 0.717) is 82.8 Å². The molecular weight excluding hydrogens is 1500 g/mol. The summed E-state index contributed by atoms with van der Waals surface area (Å²) in [6.07, 6.45) is 15.9. The summed E-state index contributed by atoms with van der Waals surface area (Å²) in [4.78, 5) is 143. The van der Waals surface area contributed by atoms with Gasteiger partial charge in [-0.25, -0.2) is 79.4 Å². The van der Waals surface area contributed by atoms with Crippen molar-refractivity contribution in [3.63, 3.8) is 0 Å². The Hall–Kier alpha value is -11.7. The molecule has 0 bridgehead atoms. The van der Waals surface area contributed by atoms with Crippen molar-refractivity contribution >= 4 is 115 Å². The first kappa shape index (κ1) is 89.2. The number of aliphatic imine (C=N–C) groups is 6. The van der Waals surface area contributed by atoms with Crippen LogP contribution in [0.2, 0.25) is 0 Å². The van der Waals surface area contributed by atoms with Crippen molar-refractivity contribution in [2.75, 3.05) is 120 Å². The van der Waals surface area contributed by atoms with Crippen molar-refractivity contribution in [3.05, 3.63) is 104 Å². The van der Waals surface area contributed by atoms with E-state index in [0.717, 1.165) is 136 Å². The molecule has 4 aliphatic heterocycles. The highest BCUT2D eigenvalue weighted by Crippen LogP contribution is 2.26. The summed E-state index contributed by atoms with van der Waals surface area (Å²) in [5.74, 6) is 8.04. The third-order valence-electron chi connectivity index (χ3n) is 19.4. The Kier molecular flexibility index (Phi) is 31.8. The van der Waals surface area contributed by atoms with E-state index in [1.54, 1.807) is 65.3 Å². The van der Waals surface area contributed by atoms with E-state index < -0.39 is 0 Å². The largest absolute Gasteiger partial charge is 0.378 e. The highest BCUT2D eigenvalue weighted by atomic mass is 16.5. The first-order valence-electron chi connectivity index (χ1n) is 39.6.